The predicted octanol–water partition coefficient (Wildman–Crippen LogP) is 3.72. The van der Waals surface area contributed by atoms with E-state index in [4.69, 9.17) is 0 Å². The number of aliphatic hydroxyl groups excluding tert-OH is 1. The third kappa shape index (κ3) is 2.53. The van der Waals surface area contributed by atoms with Crippen molar-refractivity contribution in [3.8, 4) is 0 Å². The average molecular weight is 254 g/mol. The van der Waals surface area contributed by atoms with Crippen molar-refractivity contribution in [1.29, 1.82) is 0 Å². The maximum absolute atomic E-state index is 13.1. The molecule has 1 aromatic heterocycles. The largest absolute Gasteiger partial charge is 0.384 e. The molecular weight excluding hydrogens is 242 g/mol. The summed E-state index contributed by atoms with van der Waals surface area (Å²) in [5.74, 6) is -1.35. The molecule has 1 unspecified atom stereocenters. The van der Waals surface area contributed by atoms with Gasteiger partial charge in [0.2, 0.25) is 0 Å². The third-order valence-electron chi connectivity index (χ3n) is 2.57. The summed E-state index contributed by atoms with van der Waals surface area (Å²) in [5.41, 5.74) is 0.945. The van der Waals surface area contributed by atoms with E-state index < -0.39 is 17.7 Å². The van der Waals surface area contributed by atoms with Crippen LogP contribution in [0.25, 0.3) is 0 Å². The summed E-state index contributed by atoms with van der Waals surface area (Å²) in [6.07, 6.45) is -0.981. The van der Waals surface area contributed by atoms with Crippen molar-refractivity contribution in [3.05, 3.63) is 56.8 Å². The fraction of sp³-hybridized carbons (Fsp3) is 0.231. The van der Waals surface area contributed by atoms with Crippen molar-refractivity contribution >= 4 is 11.3 Å². The minimum absolute atomic E-state index is 0.239. The second-order valence-corrected chi connectivity index (χ2v) is 5.43. The fourth-order valence-electron chi connectivity index (χ4n) is 1.83. The number of thiophene rings is 1. The molecule has 1 N–H and O–H groups in total. The van der Waals surface area contributed by atoms with Gasteiger partial charge in [0, 0.05) is 15.8 Å². The van der Waals surface area contributed by atoms with Gasteiger partial charge in [0.05, 0.1) is 0 Å². The molecule has 0 saturated heterocycles. The summed E-state index contributed by atoms with van der Waals surface area (Å²) >= 11 is 1.55. The van der Waals surface area contributed by atoms with E-state index in [1.807, 2.05) is 19.9 Å². The van der Waals surface area contributed by atoms with Crippen LogP contribution in [0.2, 0.25) is 0 Å². The van der Waals surface area contributed by atoms with Gasteiger partial charge >= 0.3 is 0 Å². The average Bonchev–Trinajstić information content (AvgIpc) is 2.55. The summed E-state index contributed by atoms with van der Waals surface area (Å²) in [5, 5.41) is 10.1. The van der Waals surface area contributed by atoms with Gasteiger partial charge in [0.1, 0.15) is 17.7 Å². The molecule has 0 aliphatic heterocycles. The number of hydrogen-bond donors (Lipinski definition) is 1. The van der Waals surface area contributed by atoms with Crippen molar-refractivity contribution in [3.63, 3.8) is 0 Å². The molecule has 0 radical (unpaired) electrons. The van der Waals surface area contributed by atoms with Crippen LogP contribution in [0, 0.1) is 25.5 Å². The molecule has 2 aromatic rings. The highest BCUT2D eigenvalue weighted by Crippen LogP contribution is 2.31. The Hall–Kier alpha value is -1.26. The fourth-order valence-corrected chi connectivity index (χ4v) is 2.79. The third-order valence-corrected chi connectivity index (χ3v) is 3.56. The second kappa shape index (κ2) is 4.55. The molecule has 90 valence electrons. The van der Waals surface area contributed by atoms with Gasteiger partial charge in [-0.1, -0.05) is 0 Å². The lowest BCUT2D eigenvalue weighted by Gasteiger charge is -2.11. The maximum Gasteiger partial charge on any atom is 0.126 e. The molecule has 0 bridgehead atoms. The lowest BCUT2D eigenvalue weighted by atomic mass is 10.0. The Morgan fingerprint density at radius 2 is 1.65 bits per heavy atom. The van der Waals surface area contributed by atoms with E-state index in [1.165, 1.54) is 0 Å². The molecule has 0 amide bonds. The molecule has 0 aliphatic rings. The quantitative estimate of drug-likeness (QED) is 0.866. The van der Waals surface area contributed by atoms with Crippen molar-refractivity contribution < 1.29 is 13.9 Å². The molecule has 17 heavy (non-hydrogen) atoms. The van der Waals surface area contributed by atoms with Gasteiger partial charge in [-0.3, -0.25) is 0 Å². The Morgan fingerprint density at radius 1 is 1.06 bits per heavy atom. The van der Waals surface area contributed by atoms with Crippen LogP contribution >= 0.6 is 11.3 Å². The van der Waals surface area contributed by atoms with E-state index in [0.717, 1.165) is 28.0 Å². The number of hydrogen-bond acceptors (Lipinski definition) is 2. The van der Waals surface area contributed by atoms with Gasteiger partial charge in [0.25, 0.3) is 0 Å². The van der Waals surface area contributed by atoms with Crippen molar-refractivity contribution in [2.45, 2.75) is 20.0 Å². The van der Waals surface area contributed by atoms with Crippen molar-refractivity contribution in [2.75, 3.05) is 0 Å². The summed E-state index contributed by atoms with van der Waals surface area (Å²) in [7, 11) is 0. The number of aryl methyl sites for hydroxylation is 2. The van der Waals surface area contributed by atoms with Crippen LogP contribution in [0.4, 0.5) is 8.78 Å². The van der Waals surface area contributed by atoms with Crippen molar-refractivity contribution in [2.24, 2.45) is 0 Å². The summed E-state index contributed by atoms with van der Waals surface area (Å²) < 4.78 is 26.1. The topological polar surface area (TPSA) is 20.2 Å². The summed E-state index contributed by atoms with van der Waals surface area (Å²) in [4.78, 5) is 2.02. The molecule has 1 aromatic carbocycles. The molecule has 0 aliphatic carbocycles. The van der Waals surface area contributed by atoms with Gasteiger partial charge < -0.3 is 5.11 Å². The zero-order valence-electron chi connectivity index (χ0n) is 9.50. The first-order chi connectivity index (χ1) is 7.97. The second-order valence-electron chi connectivity index (χ2n) is 3.97. The zero-order chi connectivity index (χ0) is 12.6. The zero-order valence-corrected chi connectivity index (χ0v) is 10.3. The van der Waals surface area contributed by atoms with Crippen LogP contribution in [0.15, 0.2) is 24.3 Å². The number of aliphatic hydroxyl groups is 1. The lowest BCUT2D eigenvalue weighted by molar-refractivity contribution is 0.219. The highest BCUT2D eigenvalue weighted by Gasteiger charge is 2.16. The molecule has 0 fully saturated rings. The van der Waals surface area contributed by atoms with Crippen LogP contribution in [-0.4, -0.2) is 5.11 Å². The minimum Gasteiger partial charge on any atom is -0.384 e. The van der Waals surface area contributed by atoms with Gasteiger partial charge in [-0.15, -0.1) is 11.3 Å². The predicted molar refractivity (Wildman–Crippen MR) is 64.2 cm³/mol. The first kappa shape index (κ1) is 12.2. The minimum atomic E-state index is -0.981. The number of benzene rings is 1. The first-order valence-corrected chi connectivity index (χ1v) is 6.00. The maximum atomic E-state index is 13.1. The summed E-state index contributed by atoms with van der Waals surface area (Å²) in [6, 6.07) is 4.94. The number of rotatable bonds is 2. The van der Waals surface area contributed by atoms with E-state index >= 15 is 0 Å². The Morgan fingerprint density at radius 3 is 2.12 bits per heavy atom. The van der Waals surface area contributed by atoms with Crippen LogP contribution < -0.4 is 0 Å². The normalized spacial score (nSPS) is 12.8. The summed E-state index contributed by atoms with van der Waals surface area (Å²) in [6.45, 7) is 3.81. The van der Waals surface area contributed by atoms with E-state index in [0.29, 0.717) is 5.56 Å². The molecule has 1 heterocycles. The Bertz CT molecular complexity index is 528. The highest BCUT2D eigenvalue weighted by atomic mass is 32.1. The van der Waals surface area contributed by atoms with Crippen molar-refractivity contribution in [1.82, 2.24) is 0 Å². The first-order valence-electron chi connectivity index (χ1n) is 5.18. The van der Waals surface area contributed by atoms with Gasteiger partial charge in [-0.05, 0) is 43.2 Å². The lowest BCUT2D eigenvalue weighted by Crippen LogP contribution is -2.01. The Balaban J connectivity index is 2.43. The SMILES string of the molecule is Cc1cc(C(O)c2cc(F)cc(F)c2)c(C)s1. The Labute approximate surface area is 102 Å². The van der Waals surface area contributed by atoms with E-state index in [9.17, 15) is 13.9 Å². The monoisotopic (exact) mass is 254 g/mol. The van der Waals surface area contributed by atoms with Gasteiger partial charge in [-0.2, -0.15) is 0 Å². The molecule has 4 heteroatoms. The van der Waals surface area contributed by atoms with Gasteiger partial charge in [-0.25, -0.2) is 8.78 Å². The molecular formula is C13H12F2OS. The Kier molecular flexibility index (Phi) is 3.26. The highest BCUT2D eigenvalue weighted by molar-refractivity contribution is 7.12. The number of halogens is 2. The van der Waals surface area contributed by atoms with Gasteiger partial charge in [0.15, 0.2) is 0 Å². The molecule has 0 saturated carbocycles. The van der Waals surface area contributed by atoms with E-state index in [1.54, 1.807) is 11.3 Å². The van der Waals surface area contributed by atoms with Crippen LogP contribution in [0.3, 0.4) is 0 Å². The van der Waals surface area contributed by atoms with Crippen LogP contribution in [-0.2, 0) is 0 Å². The molecule has 1 nitrogen and oxygen atoms in total. The van der Waals surface area contributed by atoms with Crippen LogP contribution in [0.1, 0.15) is 27.0 Å². The molecule has 1 atom stereocenters. The molecule has 2 rings (SSSR count). The molecule has 0 spiro atoms. The smallest absolute Gasteiger partial charge is 0.126 e. The standard InChI is InChI=1S/C13H12F2OS/c1-7-3-12(8(2)17-7)13(16)9-4-10(14)6-11(15)5-9/h3-6,13,16H,1-2H3. The van der Waals surface area contributed by atoms with E-state index in [2.05, 4.69) is 0 Å². The van der Waals surface area contributed by atoms with E-state index in [-0.39, 0.29) is 5.56 Å². The van der Waals surface area contributed by atoms with Crippen LogP contribution in [0.5, 0.6) is 0 Å².